The van der Waals surface area contributed by atoms with Crippen LogP contribution in [0.15, 0.2) is 23.2 Å². The van der Waals surface area contributed by atoms with Crippen molar-refractivity contribution in [3.63, 3.8) is 0 Å². The van der Waals surface area contributed by atoms with Gasteiger partial charge in [-0.15, -0.1) is 0 Å². The number of amidine groups is 1. The van der Waals surface area contributed by atoms with E-state index in [4.69, 9.17) is 0 Å². The third-order valence-electron chi connectivity index (χ3n) is 2.52. The summed E-state index contributed by atoms with van der Waals surface area (Å²) in [5.41, 5.74) is -0.125. The number of nitrogens with one attached hydrogen (secondary N) is 1. The predicted octanol–water partition coefficient (Wildman–Crippen LogP) is 3.65. The number of aliphatic imine (C=N–C) groups is 1. The van der Waals surface area contributed by atoms with Gasteiger partial charge in [-0.25, -0.2) is 8.78 Å². The molecule has 0 saturated heterocycles. The largest absolute Gasteiger partial charge is 0.330 e. The maximum absolute atomic E-state index is 13.4. The van der Waals surface area contributed by atoms with E-state index in [2.05, 4.69) is 17.2 Å². The van der Waals surface area contributed by atoms with E-state index in [1.807, 2.05) is 6.92 Å². The first-order valence-electron chi connectivity index (χ1n) is 5.51. The van der Waals surface area contributed by atoms with Crippen molar-refractivity contribution in [2.75, 3.05) is 5.32 Å². The molecule has 0 aromatic heterocycles. The molecule has 2 unspecified atom stereocenters. The highest BCUT2D eigenvalue weighted by Gasteiger charge is 2.20. The summed E-state index contributed by atoms with van der Waals surface area (Å²) >= 11 is 1.51. The molecule has 17 heavy (non-hydrogen) atoms. The molecule has 2 atom stereocenters. The summed E-state index contributed by atoms with van der Waals surface area (Å²) in [6.07, 6.45) is 0.982. The number of rotatable bonds is 1. The average molecular weight is 256 g/mol. The molecule has 1 aromatic rings. The molecule has 0 amide bonds. The quantitative estimate of drug-likeness (QED) is 0.829. The second-order valence-electron chi connectivity index (χ2n) is 4.17. The standard InChI is InChI=1S/C12H14F2N2S/c1-7-6-8(2)17-12(15-7)16-11-9(13)4-3-5-10(11)14/h3-5,7-8H,6H2,1-2H3,(H,15,16). The fraction of sp³-hybridized carbons (Fsp3) is 0.417. The van der Waals surface area contributed by atoms with Gasteiger partial charge in [0.15, 0.2) is 5.17 Å². The minimum Gasteiger partial charge on any atom is -0.330 e. The van der Waals surface area contributed by atoms with Crippen molar-refractivity contribution < 1.29 is 8.78 Å². The molecule has 0 fully saturated rings. The normalized spacial score (nSPS) is 24.4. The van der Waals surface area contributed by atoms with E-state index in [-0.39, 0.29) is 11.7 Å². The molecule has 0 saturated carbocycles. The summed E-state index contributed by atoms with van der Waals surface area (Å²) in [5.74, 6) is -1.20. The lowest BCUT2D eigenvalue weighted by molar-refractivity contribution is 0.591. The highest BCUT2D eigenvalue weighted by Crippen LogP contribution is 2.27. The van der Waals surface area contributed by atoms with Crippen molar-refractivity contribution in [3.8, 4) is 0 Å². The lowest BCUT2D eigenvalue weighted by Crippen LogP contribution is -2.23. The molecule has 0 bridgehead atoms. The van der Waals surface area contributed by atoms with Crippen LogP contribution in [0.1, 0.15) is 20.3 Å². The number of nitrogens with zero attached hydrogens (tertiary/aromatic N) is 1. The minimum absolute atomic E-state index is 0.125. The number of thioether (sulfide) groups is 1. The Labute approximate surface area is 104 Å². The van der Waals surface area contributed by atoms with Crippen LogP contribution >= 0.6 is 11.8 Å². The van der Waals surface area contributed by atoms with Gasteiger partial charge in [0.2, 0.25) is 0 Å². The van der Waals surface area contributed by atoms with Crippen molar-refractivity contribution in [1.82, 2.24) is 0 Å². The maximum atomic E-state index is 13.4. The van der Waals surface area contributed by atoms with Crippen LogP contribution in [0.25, 0.3) is 0 Å². The van der Waals surface area contributed by atoms with Crippen molar-refractivity contribution in [2.24, 2.45) is 4.99 Å². The Balaban J connectivity index is 2.21. The first-order valence-corrected chi connectivity index (χ1v) is 6.39. The lowest BCUT2D eigenvalue weighted by atomic mass is 10.2. The van der Waals surface area contributed by atoms with E-state index < -0.39 is 11.6 Å². The predicted molar refractivity (Wildman–Crippen MR) is 68.5 cm³/mol. The van der Waals surface area contributed by atoms with Gasteiger partial charge in [0, 0.05) is 5.25 Å². The SMILES string of the molecule is CC1CC(C)SC(Nc2c(F)cccc2F)=N1. The molecule has 5 heteroatoms. The first kappa shape index (κ1) is 12.4. The molecule has 1 heterocycles. The Morgan fingerprint density at radius 3 is 2.53 bits per heavy atom. The fourth-order valence-electron chi connectivity index (χ4n) is 1.79. The summed E-state index contributed by atoms with van der Waals surface area (Å²) in [7, 11) is 0. The van der Waals surface area contributed by atoms with Gasteiger partial charge in [-0.1, -0.05) is 24.8 Å². The average Bonchev–Trinajstić information content (AvgIpc) is 2.22. The molecule has 2 nitrogen and oxygen atoms in total. The summed E-state index contributed by atoms with van der Waals surface area (Å²) < 4.78 is 26.9. The van der Waals surface area contributed by atoms with Gasteiger partial charge in [0.05, 0.1) is 6.04 Å². The van der Waals surface area contributed by atoms with E-state index in [0.29, 0.717) is 10.4 Å². The van der Waals surface area contributed by atoms with Crippen LogP contribution in [0.4, 0.5) is 14.5 Å². The molecular formula is C12H14F2N2S. The highest BCUT2D eigenvalue weighted by atomic mass is 32.2. The monoisotopic (exact) mass is 256 g/mol. The second kappa shape index (κ2) is 5.04. The van der Waals surface area contributed by atoms with Crippen LogP contribution in [0.2, 0.25) is 0 Å². The Morgan fingerprint density at radius 1 is 1.29 bits per heavy atom. The van der Waals surface area contributed by atoms with E-state index in [1.165, 1.54) is 30.0 Å². The molecule has 0 aliphatic carbocycles. The summed E-state index contributed by atoms with van der Waals surface area (Å²) in [6, 6.07) is 3.99. The third kappa shape index (κ3) is 2.97. The summed E-state index contributed by atoms with van der Waals surface area (Å²) in [6.45, 7) is 4.07. The van der Waals surface area contributed by atoms with Gasteiger partial charge in [-0.05, 0) is 25.5 Å². The number of hydrogen-bond acceptors (Lipinski definition) is 3. The lowest BCUT2D eigenvalue weighted by Gasteiger charge is -2.23. The van der Waals surface area contributed by atoms with Crippen LogP contribution in [-0.2, 0) is 0 Å². The molecule has 0 radical (unpaired) electrons. The summed E-state index contributed by atoms with van der Waals surface area (Å²) in [4.78, 5) is 4.35. The highest BCUT2D eigenvalue weighted by molar-refractivity contribution is 8.14. The Bertz CT molecular complexity index is 428. The Morgan fingerprint density at radius 2 is 1.94 bits per heavy atom. The Hall–Kier alpha value is -1.10. The van der Waals surface area contributed by atoms with E-state index in [9.17, 15) is 8.78 Å². The van der Waals surface area contributed by atoms with Crippen molar-refractivity contribution in [1.29, 1.82) is 0 Å². The molecular weight excluding hydrogens is 242 g/mol. The molecule has 1 aromatic carbocycles. The smallest absolute Gasteiger partial charge is 0.161 e. The maximum Gasteiger partial charge on any atom is 0.161 e. The van der Waals surface area contributed by atoms with Gasteiger partial charge >= 0.3 is 0 Å². The molecule has 1 aliphatic heterocycles. The number of hydrogen-bond donors (Lipinski definition) is 1. The first-order chi connectivity index (χ1) is 8.06. The summed E-state index contributed by atoms with van der Waals surface area (Å²) in [5, 5.41) is 3.73. The van der Waals surface area contributed by atoms with Crippen LogP contribution in [0.5, 0.6) is 0 Å². The van der Waals surface area contributed by atoms with E-state index in [0.717, 1.165) is 6.42 Å². The third-order valence-corrected chi connectivity index (χ3v) is 3.54. The number of para-hydroxylation sites is 1. The van der Waals surface area contributed by atoms with Crippen molar-refractivity contribution in [3.05, 3.63) is 29.8 Å². The molecule has 1 aliphatic rings. The van der Waals surface area contributed by atoms with Gasteiger partial charge in [-0.2, -0.15) is 0 Å². The number of anilines is 1. The molecule has 1 N–H and O–H groups in total. The van der Waals surface area contributed by atoms with Crippen molar-refractivity contribution in [2.45, 2.75) is 31.6 Å². The van der Waals surface area contributed by atoms with Crippen LogP contribution < -0.4 is 5.32 Å². The zero-order chi connectivity index (χ0) is 12.4. The van der Waals surface area contributed by atoms with Gasteiger partial charge in [0.25, 0.3) is 0 Å². The van der Waals surface area contributed by atoms with Crippen molar-refractivity contribution >= 4 is 22.6 Å². The second-order valence-corrected chi connectivity index (χ2v) is 5.60. The minimum atomic E-state index is -0.598. The molecule has 2 rings (SSSR count). The molecule has 92 valence electrons. The Kier molecular flexibility index (Phi) is 3.66. The van der Waals surface area contributed by atoms with Crippen LogP contribution in [0, 0.1) is 11.6 Å². The topological polar surface area (TPSA) is 24.4 Å². The number of halogens is 2. The fourth-order valence-corrected chi connectivity index (χ4v) is 2.95. The van der Waals surface area contributed by atoms with E-state index in [1.54, 1.807) is 0 Å². The van der Waals surface area contributed by atoms with Gasteiger partial charge in [0.1, 0.15) is 17.3 Å². The van der Waals surface area contributed by atoms with Crippen LogP contribution in [0.3, 0.4) is 0 Å². The van der Waals surface area contributed by atoms with Gasteiger partial charge < -0.3 is 5.32 Å². The number of benzene rings is 1. The molecule has 0 spiro atoms. The van der Waals surface area contributed by atoms with E-state index >= 15 is 0 Å². The zero-order valence-electron chi connectivity index (χ0n) is 9.71. The van der Waals surface area contributed by atoms with Crippen LogP contribution in [-0.4, -0.2) is 16.5 Å². The zero-order valence-corrected chi connectivity index (χ0v) is 10.5. The van der Waals surface area contributed by atoms with Gasteiger partial charge in [-0.3, -0.25) is 4.99 Å².